The topological polar surface area (TPSA) is 173 Å². The first kappa shape index (κ1) is 106. The Morgan fingerprint density at radius 2 is 0.690 bits per heavy atom. The third kappa shape index (κ3) is 25.3. The number of aromatic amines is 1. The molecule has 4 aromatic carbocycles. The van der Waals surface area contributed by atoms with Crippen LogP contribution in [-0.4, -0.2) is 227 Å². The Morgan fingerprint density at radius 3 is 1.10 bits per heavy atom. The molecule has 0 fully saturated rings. The molecule has 6 heterocycles. The number of H-pyrrole nitrogens is 1. The summed E-state index contributed by atoms with van der Waals surface area (Å²) in [6, 6.07) is 0. The zero-order valence-corrected chi connectivity index (χ0v) is 89.8. The normalized spacial score (nSPS) is 13.5. The van der Waals surface area contributed by atoms with Crippen LogP contribution in [0.4, 0.5) is 11.6 Å². The van der Waals surface area contributed by atoms with Crippen LogP contribution in [0.2, 0.25) is 20.1 Å². The van der Waals surface area contributed by atoms with Gasteiger partial charge in [0, 0.05) is 40.1 Å². The van der Waals surface area contributed by atoms with Gasteiger partial charge in [-0.05, 0) is 157 Å². The third-order valence-electron chi connectivity index (χ3n) is 26.3. The van der Waals surface area contributed by atoms with Crippen molar-refractivity contribution in [1.29, 1.82) is 0 Å². The van der Waals surface area contributed by atoms with Crippen molar-refractivity contribution in [3.05, 3.63) is 47.8 Å². The Morgan fingerprint density at radius 1 is 0.364 bits per heavy atom. The lowest BCUT2D eigenvalue weighted by Crippen LogP contribution is -2.45. The van der Waals surface area contributed by atoms with Gasteiger partial charge >= 0.3 is 0 Å². The second kappa shape index (κ2) is 47.7. The number of aliphatic imine (C=N–C) groups is 2. The van der Waals surface area contributed by atoms with Gasteiger partial charge in [-0.25, -0.2) is 9.98 Å². The van der Waals surface area contributed by atoms with E-state index in [2.05, 4.69) is 199 Å². The Bertz CT molecular complexity index is 5280. The molecule has 0 saturated carbocycles. The number of halogens is 4. The van der Waals surface area contributed by atoms with E-state index in [-0.39, 0.29) is 71.4 Å². The summed E-state index contributed by atoms with van der Waals surface area (Å²) in [5, 5.41) is 4.95. The highest BCUT2D eigenvalue weighted by Gasteiger charge is 2.44. The van der Waals surface area contributed by atoms with Crippen molar-refractivity contribution in [2.45, 2.75) is 237 Å². The highest BCUT2D eigenvalue weighted by atomic mass is 35.5. The summed E-state index contributed by atoms with van der Waals surface area (Å²) in [6.45, 7) is 67.2. The summed E-state index contributed by atoms with van der Waals surface area (Å²) in [4.78, 5) is 37.5. The molecular weight excluding hydrogens is 1780 g/mol. The first-order chi connectivity index (χ1) is 61.3. The minimum absolute atomic E-state index is 0.123. The number of fused-ring (bicyclic) bond motifs is 15. The molecule has 0 radical (unpaired) electrons. The van der Waals surface area contributed by atoms with Crippen LogP contribution in [0.25, 0.3) is 43.8 Å². The number of rotatable bonds is 56. The molecule has 0 atom stereocenters. The lowest BCUT2D eigenvalue weighted by Gasteiger charge is -2.32. The van der Waals surface area contributed by atoms with Crippen molar-refractivity contribution in [2.24, 2.45) is 67.3 Å². The van der Waals surface area contributed by atoms with Crippen LogP contribution in [0.1, 0.15) is 228 Å². The molecule has 0 saturated heterocycles. The number of thioether (sulfide) groups is 4. The Kier molecular flexibility index (Phi) is 39.2. The molecular formula is C100H157Cl4N12O9S4+5. The predicted molar refractivity (Wildman–Crippen MR) is 545 cm³/mol. The first-order valence-corrected chi connectivity index (χ1v) is 53.8. The summed E-state index contributed by atoms with van der Waals surface area (Å²) in [5.74, 6) is 9.40. The maximum Gasteiger partial charge on any atom is 0.287 e. The molecule has 10 rings (SSSR count). The highest BCUT2D eigenvalue weighted by Crippen LogP contribution is 2.58. The lowest BCUT2D eigenvalue weighted by molar-refractivity contribution is -0.903. The van der Waals surface area contributed by atoms with Gasteiger partial charge in [-0.1, -0.05) is 162 Å². The minimum Gasteiger partial charge on any atom is -0.492 e. The van der Waals surface area contributed by atoms with Crippen molar-refractivity contribution >= 4 is 155 Å². The number of hydrogen-bond acceptors (Lipinski definition) is 18. The highest BCUT2D eigenvalue weighted by molar-refractivity contribution is 8.00. The van der Waals surface area contributed by atoms with Crippen LogP contribution in [0.5, 0.6) is 40.2 Å². The number of quaternary nitrogens is 4. The Labute approximate surface area is 809 Å². The lowest BCUT2D eigenvalue weighted by atomic mass is 10.0. The number of nitrogens with one attached hydrogen (secondary N) is 1. The third-order valence-corrected chi connectivity index (χ3v) is 32.6. The van der Waals surface area contributed by atoms with Crippen LogP contribution in [0.3, 0.4) is 0 Å². The predicted octanol–water partition coefficient (Wildman–Crippen LogP) is 24.9. The van der Waals surface area contributed by atoms with Gasteiger partial charge in [0.25, 0.3) is 17.3 Å². The van der Waals surface area contributed by atoms with E-state index in [1.54, 1.807) is 56.4 Å². The fourth-order valence-corrected chi connectivity index (χ4v) is 22.0. The molecule has 6 aromatic rings. The smallest absolute Gasteiger partial charge is 0.287 e. The molecule has 0 spiro atoms. The van der Waals surface area contributed by atoms with Crippen LogP contribution < -0.4 is 48.9 Å². The van der Waals surface area contributed by atoms with Crippen LogP contribution in [-0.2, 0) is 11.3 Å². The zero-order chi connectivity index (χ0) is 94.3. The van der Waals surface area contributed by atoms with E-state index in [4.69, 9.17) is 114 Å². The molecule has 718 valence electrons. The summed E-state index contributed by atoms with van der Waals surface area (Å²) in [5.41, 5.74) is 2.81. The van der Waals surface area contributed by atoms with E-state index < -0.39 is 0 Å². The minimum atomic E-state index is 0.123. The molecule has 1 N–H and O–H groups in total. The van der Waals surface area contributed by atoms with E-state index in [9.17, 15) is 0 Å². The molecule has 0 aliphatic carbocycles. The van der Waals surface area contributed by atoms with E-state index in [0.717, 1.165) is 138 Å². The number of amidine groups is 2. The second-order valence-electron chi connectivity index (χ2n) is 39.8. The Balaban J connectivity index is 1.61. The van der Waals surface area contributed by atoms with Crippen LogP contribution >= 0.6 is 93.5 Å². The molecule has 4 aliphatic heterocycles. The van der Waals surface area contributed by atoms with E-state index in [1.807, 2.05) is 0 Å². The maximum absolute atomic E-state index is 8.40. The summed E-state index contributed by atoms with van der Waals surface area (Å²) in [7, 11) is 9.27. The molecule has 0 amide bonds. The zero-order valence-electron chi connectivity index (χ0n) is 83.5. The molecule has 29 heteroatoms. The van der Waals surface area contributed by atoms with Crippen molar-refractivity contribution in [2.75, 3.05) is 183 Å². The molecule has 2 aromatic heterocycles. The average Bonchev–Trinajstić information content (AvgIpc) is 1.53. The summed E-state index contributed by atoms with van der Waals surface area (Å²) >= 11 is 40.3. The number of hydrogen-bond donors (Lipinski definition) is 1. The molecule has 0 unspecified atom stereocenters. The molecule has 129 heavy (non-hydrogen) atoms. The largest absolute Gasteiger partial charge is 0.492 e. The van der Waals surface area contributed by atoms with Gasteiger partial charge in [-0.3, -0.25) is 0 Å². The maximum atomic E-state index is 8.40. The molecule has 6 bridgehead atoms. The SMILES string of the molecule is CC[N+](C)(CC)CCSc1c(Cl)c(OCCC(C)C)c2c(c1OCCC(C)C)C1=Nc3c4c(OCCC(C)C)c(Cl)c(SCC[N+](C)(CC)CC)c(OCCC(C)C)c4c4nc5c6c(OCCC(C)C)c(Cl)c(SCC[N+](C)(CC)CC)c(COCC(C)C)c6c([n+]-5on34)N=c3[nH]c(c4c(OCCC(C)C)c(SCC[N+](C)(CC)CC)c(Cl)c(OCCC(C)C)c34)=NC2=N1. The average molecular weight is 1940 g/mol. The van der Waals surface area contributed by atoms with Gasteiger partial charge < -0.3 is 60.8 Å². The molecule has 4 aliphatic rings. The van der Waals surface area contributed by atoms with E-state index in [0.29, 0.717) is 237 Å². The van der Waals surface area contributed by atoms with Gasteiger partial charge in [-0.15, -0.1) is 52.0 Å². The number of aromatic nitrogens is 4. The quantitative estimate of drug-likeness (QED) is 0.0217. The fraction of sp³-hybridized carbons (Fsp3) is 0.680. The van der Waals surface area contributed by atoms with E-state index >= 15 is 0 Å². The second-order valence-corrected chi connectivity index (χ2v) is 45.7. The summed E-state index contributed by atoms with van der Waals surface area (Å²) in [6.07, 6.45) is 5.03. The Hall–Kier alpha value is -5.00. The van der Waals surface area contributed by atoms with Crippen molar-refractivity contribution < 1.29 is 65.2 Å². The van der Waals surface area contributed by atoms with Crippen molar-refractivity contribution in [1.82, 2.24) is 14.5 Å². The van der Waals surface area contributed by atoms with Gasteiger partial charge in [-0.2, -0.15) is 9.62 Å². The standard InChI is InChI=1S/C100H156Cl4N12O9S4/c1-29-113(25,30-2)44-55-126-89-69(60-117-59-68(23)24)70-75(84(78(89)101)120-50-39-63(13)14)99-110-100-77-76(85(121-51-40-64(15)16)81(104)92(88(77)124-54-43-67(21)22)129-58-47-116(28,35-7)36-8)98-109-96-74-71(82(118-48-37-61(9)10)79(102)91(87(74)123-53-42-66(19)20)128-57-46-115(27,33-5)34-6)93(106-96)105-94-73-72(95(107-94)108-97(70)111(99)125-112(98)100)83(119-49-38-62(11)12)80(103)90(86(73)122-52-41-65(17)18)127-56-45-114(26,31-3)32-4/h61-68H,29-60H2,1-28H3/q+4/p+1. The number of nitrogens with zero attached hydrogens (tertiary/aromatic N) is 11. The first-order valence-electron chi connectivity index (χ1n) is 48.3. The monoisotopic (exact) mass is 1940 g/mol. The van der Waals surface area contributed by atoms with Gasteiger partial charge in [0.05, 0.1) is 212 Å². The van der Waals surface area contributed by atoms with Crippen molar-refractivity contribution in [3.8, 4) is 46.1 Å². The van der Waals surface area contributed by atoms with Crippen LogP contribution in [0.15, 0.2) is 44.2 Å². The van der Waals surface area contributed by atoms with Gasteiger partial charge in [0.15, 0.2) is 34.7 Å². The molecule has 21 nitrogen and oxygen atoms in total. The fourth-order valence-electron chi connectivity index (χ4n) is 15.3. The number of benzene rings is 4. The van der Waals surface area contributed by atoms with Gasteiger partial charge in [0.1, 0.15) is 48.6 Å². The summed E-state index contributed by atoms with van der Waals surface area (Å²) < 4.78 is 74.4. The van der Waals surface area contributed by atoms with Gasteiger partial charge in [0.2, 0.25) is 11.3 Å². The van der Waals surface area contributed by atoms with E-state index in [1.165, 1.54) is 0 Å². The number of ether oxygens (including phenoxy) is 8. The van der Waals surface area contributed by atoms with Crippen molar-refractivity contribution in [3.63, 3.8) is 0 Å². The van der Waals surface area contributed by atoms with Crippen LogP contribution in [0, 0.1) is 47.3 Å².